The first-order chi connectivity index (χ1) is 8.93. The molecular weight excluding hydrogens is 328 g/mol. The Bertz CT molecular complexity index is 480. The number of rotatable bonds is 5. The molecule has 0 aliphatic heterocycles. The predicted molar refractivity (Wildman–Crippen MR) is 83.5 cm³/mol. The van der Waals surface area contributed by atoms with E-state index in [1.54, 1.807) is 13.0 Å². The maximum atomic E-state index is 11.7. The third-order valence-electron chi connectivity index (χ3n) is 2.59. The minimum atomic E-state index is -0.233. The fraction of sp³-hybridized carbons (Fsp3) is 0.385. The van der Waals surface area contributed by atoms with Gasteiger partial charge in [-0.05, 0) is 43.9 Å². The summed E-state index contributed by atoms with van der Waals surface area (Å²) >= 11 is 4.84. The minimum absolute atomic E-state index is 0.0150. The molecule has 2 amide bonds. The first kappa shape index (κ1) is 16.0. The number of carbonyl (C=O) groups excluding carboxylic acids is 2. The van der Waals surface area contributed by atoms with Crippen LogP contribution in [-0.2, 0) is 9.59 Å². The van der Waals surface area contributed by atoms with Crippen molar-refractivity contribution in [2.45, 2.75) is 19.1 Å². The summed E-state index contributed by atoms with van der Waals surface area (Å²) in [4.78, 5) is 23.2. The Balaban J connectivity index is 2.47. The number of halogens is 1. The summed E-state index contributed by atoms with van der Waals surface area (Å²) in [6, 6.07) is 5.55. The second kappa shape index (κ2) is 7.55. The lowest BCUT2D eigenvalue weighted by Crippen LogP contribution is -2.37. The second-order valence-electron chi connectivity index (χ2n) is 4.11. The van der Waals surface area contributed by atoms with Crippen molar-refractivity contribution in [3.8, 4) is 0 Å². The summed E-state index contributed by atoms with van der Waals surface area (Å²) in [5.41, 5.74) is 1.76. The van der Waals surface area contributed by atoms with Gasteiger partial charge in [0.15, 0.2) is 0 Å². The van der Waals surface area contributed by atoms with Crippen LogP contribution in [0.3, 0.4) is 0 Å². The van der Waals surface area contributed by atoms with E-state index in [2.05, 4.69) is 26.6 Å². The van der Waals surface area contributed by atoms with Crippen LogP contribution in [0.15, 0.2) is 22.7 Å². The van der Waals surface area contributed by atoms with Gasteiger partial charge in [-0.3, -0.25) is 9.59 Å². The molecule has 1 rings (SSSR count). The zero-order valence-corrected chi connectivity index (χ0v) is 13.5. The lowest BCUT2D eigenvalue weighted by molar-refractivity contribution is -0.123. The van der Waals surface area contributed by atoms with Gasteiger partial charge in [0, 0.05) is 10.2 Å². The topological polar surface area (TPSA) is 58.2 Å². The molecule has 1 aromatic rings. The molecule has 104 valence electrons. The van der Waals surface area contributed by atoms with Crippen LogP contribution in [-0.4, -0.2) is 29.9 Å². The van der Waals surface area contributed by atoms with Gasteiger partial charge >= 0.3 is 0 Å². The second-order valence-corrected chi connectivity index (χ2v) is 6.14. The third-order valence-corrected chi connectivity index (χ3v) is 4.40. The maximum Gasteiger partial charge on any atom is 0.243 e. The molecule has 0 saturated heterocycles. The van der Waals surface area contributed by atoms with Crippen molar-refractivity contribution < 1.29 is 9.59 Å². The Morgan fingerprint density at radius 1 is 1.42 bits per heavy atom. The molecule has 4 nitrogen and oxygen atoms in total. The van der Waals surface area contributed by atoms with E-state index in [1.807, 2.05) is 25.3 Å². The van der Waals surface area contributed by atoms with Crippen molar-refractivity contribution in [2.75, 3.05) is 18.1 Å². The number of aryl methyl sites for hydroxylation is 1. The van der Waals surface area contributed by atoms with E-state index in [0.29, 0.717) is 0 Å². The molecule has 0 spiro atoms. The molecule has 0 aliphatic rings. The van der Waals surface area contributed by atoms with Gasteiger partial charge in [0.05, 0.1) is 11.8 Å². The highest BCUT2D eigenvalue weighted by atomic mass is 79.9. The number of hydrogen-bond acceptors (Lipinski definition) is 3. The number of benzene rings is 1. The Kier molecular flexibility index (Phi) is 6.37. The number of thioether (sulfide) groups is 1. The van der Waals surface area contributed by atoms with Gasteiger partial charge in [-0.2, -0.15) is 11.8 Å². The van der Waals surface area contributed by atoms with Gasteiger partial charge in [0.25, 0.3) is 0 Å². The summed E-state index contributed by atoms with van der Waals surface area (Å²) in [5.74, 6) is -0.363. The van der Waals surface area contributed by atoms with Crippen molar-refractivity contribution in [1.82, 2.24) is 5.32 Å². The molecule has 6 heteroatoms. The lowest BCUT2D eigenvalue weighted by Gasteiger charge is -2.10. The van der Waals surface area contributed by atoms with Crippen LogP contribution in [0.25, 0.3) is 0 Å². The Hall–Kier alpha value is -1.01. The highest BCUT2D eigenvalue weighted by Gasteiger charge is 2.12. The van der Waals surface area contributed by atoms with E-state index in [0.717, 1.165) is 15.7 Å². The third kappa shape index (κ3) is 5.24. The van der Waals surface area contributed by atoms with Gasteiger partial charge in [0.2, 0.25) is 11.8 Å². The summed E-state index contributed by atoms with van der Waals surface area (Å²) in [6.07, 6.45) is 1.86. The summed E-state index contributed by atoms with van der Waals surface area (Å²) < 4.78 is 0.993. The van der Waals surface area contributed by atoms with Crippen LogP contribution in [0, 0.1) is 6.92 Å². The Morgan fingerprint density at radius 2 is 2.11 bits per heavy atom. The van der Waals surface area contributed by atoms with Gasteiger partial charge in [-0.15, -0.1) is 0 Å². The van der Waals surface area contributed by atoms with E-state index in [-0.39, 0.29) is 23.6 Å². The number of carbonyl (C=O) groups is 2. The van der Waals surface area contributed by atoms with Crippen molar-refractivity contribution >= 4 is 45.2 Å². The quantitative estimate of drug-likeness (QED) is 0.862. The van der Waals surface area contributed by atoms with Crippen LogP contribution in [0.4, 0.5) is 5.69 Å². The summed E-state index contributed by atoms with van der Waals surface area (Å²) in [5, 5.41) is 5.19. The van der Waals surface area contributed by atoms with Crippen molar-refractivity contribution in [3.63, 3.8) is 0 Å². The Labute approximate surface area is 125 Å². The number of hydrogen-bond donors (Lipinski definition) is 2. The van der Waals surface area contributed by atoms with Crippen LogP contribution in [0.5, 0.6) is 0 Å². The average Bonchev–Trinajstić information content (AvgIpc) is 2.39. The molecule has 0 bridgehead atoms. The molecule has 0 radical (unpaired) electrons. The van der Waals surface area contributed by atoms with Crippen LogP contribution in [0.2, 0.25) is 0 Å². The van der Waals surface area contributed by atoms with Crippen molar-refractivity contribution in [2.24, 2.45) is 0 Å². The van der Waals surface area contributed by atoms with E-state index < -0.39 is 0 Å². The highest BCUT2D eigenvalue weighted by molar-refractivity contribution is 9.10. The molecule has 0 fully saturated rings. The smallest absolute Gasteiger partial charge is 0.243 e. The fourth-order valence-electron chi connectivity index (χ4n) is 1.35. The standard InChI is InChI=1S/C13H17BrN2O2S/c1-8-6-10(4-5-11(8)14)16-12(17)7-15-13(18)9(2)19-3/h4-6,9H,7H2,1-3H3,(H,15,18)(H,16,17)/t9-/m0/s1. The Morgan fingerprint density at radius 3 is 2.68 bits per heavy atom. The number of amides is 2. The van der Waals surface area contributed by atoms with Gasteiger partial charge in [0.1, 0.15) is 0 Å². The summed E-state index contributed by atoms with van der Waals surface area (Å²) in [6.45, 7) is 3.73. The van der Waals surface area contributed by atoms with Gasteiger partial charge < -0.3 is 10.6 Å². The molecule has 1 aromatic carbocycles. The zero-order chi connectivity index (χ0) is 14.4. The van der Waals surface area contributed by atoms with Gasteiger partial charge in [-0.25, -0.2) is 0 Å². The molecule has 1 atom stereocenters. The molecule has 0 aliphatic carbocycles. The molecule has 0 heterocycles. The predicted octanol–water partition coefficient (Wildman–Crippen LogP) is 2.56. The molecule has 0 aromatic heterocycles. The normalized spacial score (nSPS) is 11.8. The first-order valence-corrected chi connectivity index (χ1v) is 7.88. The minimum Gasteiger partial charge on any atom is -0.346 e. The van der Waals surface area contributed by atoms with Crippen LogP contribution < -0.4 is 10.6 Å². The molecule has 2 N–H and O–H groups in total. The zero-order valence-electron chi connectivity index (χ0n) is 11.1. The van der Waals surface area contributed by atoms with Gasteiger partial charge in [-0.1, -0.05) is 15.9 Å². The molecular formula is C13H17BrN2O2S. The average molecular weight is 345 g/mol. The highest BCUT2D eigenvalue weighted by Crippen LogP contribution is 2.19. The maximum absolute atomic E-state index is 11.7. The number of anilines is 1. The molecule has 19 heavy (non-hydrogen) atoms. The molecule has 0 saturated carbocycles. The van der Waals surface area contributed by atoms with Crippen molar-refractivity contribution in [3.05, 3.63) is 28.2 Å². The van der Waals surface area contributed by atoms with E-state index in [9.17, 15) is 9.59 Å². The van der Waals surface area contributed by atoms with Crippen LogP contribution >= 0.6 is 27.7 Å². The van der Waals surface area contributed by atoms with E-state index >= 15 is 0 Å². The monoisotopic (exact) mass is 344 g/mol. The fourth-order valence-corrected chi connectivity index (χ4v) is 1.89. The SMILES string of the molecule is CS[C@@H](C)C(=O)NCC(=O)Nc1ccc(Br)c(C)c1. The van der Waals surface area contributed by atoms with E-state index in [4.69, 9.17) is 0 Å². The lowest BCUT2D eigenvalue weighted by atomic mass is 10.2. The largest absolute Gasteiger partial charge is 0.346 e. The van der Waals surface area contributed by atoms with Crippen LogP contribution in [0.1, 0.15) is 12.5 Å². The first-order valence-electron chi connectivity index (χ1n) is 5.80. The molecule has 0 unspecified atom stereocenters. The van der Waals surface area contributed by atoms with E-state index in [1.165, 1.54) is 11.8 Å². The number of nitrogens with one attached hydrogen (secondary N) is 2. The summed E-state index contributed by atoms with van der Waals surface area (Å²) in [7, 11) is 0. The van der Waals surface area contributed by atoms with Crippen molar-refractivity contribution in [1.29, 1.82) is 0 Å².